The fourth-order valence-corrected chi connectivity index (χ4v) is 4.37. The second kappa shape index (κ2) is 12.6. The molecule has 202 valence electrons. The number of anilines is 2. The quantitative estimate of drug-likeness (QED) is 0.199. The number of nitrogen functional groups attached to an aromatic ring is 1. The standard InChI is InChI=1S/C27H26Cl2N6O4/c1-39-23(38)12-15-7-9-18-20(11-15)33-21(36)6-4-2-3-5-19(27-34-24(18)25(29)35-27)32-22(37)10-8-16-13-17(28)14-31-26(16)30/h2-3,7-11,13-14,19H,4-6,12H2,1H3,(H2,30,31)(H,32,37)(H,33,36)(H,34,35)/b3-2+,10-8+/t19-/m0/s1. The van der Waals surface area contributed by atoms with Gasteiger partial charge in [-0.05, 0) is 36.6 Å². The van der Waals surface area contributed by atoms with Gasteiger partial charge in [0.2, 0.25) is 11.8 Å². The van der Waals surface area contributed by atoms with E-state index in [0.29, 0.717) is 51.8 Å². The molecule has 1 atom stereocenters. The topological polar surface area (TPSA) is 152 Å². The van der Waals surface area contributed by atoms with E-state index in [1.54, 1.807) is 24.3 Å². The molecule has 0 saturated heterocycles. The molecule has 5 N–H and O–H groups in total. The van der Waals surface area contributed by atoms with Crippen LogP contribution in [0, 0.1) is 0 Å². The average molecular weight is 569 g/mol. The maximum absolute atomic E-state index is 12.8. The lowest BCUT2D eigenvalue weighted by Crippen LogP contribution is -2.27. The second-order valence-corrected chi connectivity index (χ2v) is 9.55. The zero-order valence-corrected chi connectivity index (χ0v) is 22.5. The van der Waals surface area contributed by atoms with Crippen LogP contribution in [0.5, 0.6) is 0 Å². The Balaban J connectivity index is 1.65. The number of methoxy groups -OCH3 is 1. The molecule has 10 nitrogen and oxygen atoms in total. The summed E-state index contributed by atoms with van der Waals surface area (Å²) in [5, 5.41) is 6.45. The van der Waals surface area contributed by atoms with E-state index >= 15 is 0 Å². The fraction of sp³-hybridized carbons (Fsp3) is 0.222. The highest BCUT2D eigenvalue weighted by molar-refractivity contribution is 6.32. The molecule has 0 radical (unpaired) electrons. The molecule has 12 heteroatoms. The van der Waals surface area contributed by atoms with Crippen molar-refractivity contribution in [1.82, 2.24) is 20.3 Å². The first-order valence-electron chi connectivity index (χ1n) is 12.0. The number of nitrogens with one attached hydrogen (secondary N) is 3. The van der Waals surface area contributed by atoms with Gasteiger partial charge in [-0.2, -0.15) is 0 Å². The van der Waals surface area contributed by atoms with E-state index in [1.807, 2.05) is 12.2 Å². The number of carbonyl (C=O) groups excluding carboxylic acids is 3. The van der Waals surface area contributed by atoms with Crippen LogP contribution in [0.15, 0.2) is 48.7 Å². The van der Waals surface area contributed by atoms with Crippen molar-refractivity contribution in [3.8, 4) is 11.3 Å². The van der Waals surface area contributed by atoms with Gasteiger partial charge in [0.15, 0.2) is 0 Å². The van der Waals surface area contributed by atoms with E-state index in [-0.39, 0.29) is 29.7 Å². The number of esters is 1. The third-order valence-electron chi connectivity index (χ3n) is 5.92. The summed E-state index contributed by atoms with van der Waals surface area (Å²) in [6.45, 7) is 0. The number of aromatic amines is 1. The van der Waals surface area contributed by atoms with Gasteiger partial charge in [0, 0.05) is 29.8 Å². The lowest BCUT2D eigenvalue weighted by molar-refractivity contribution is -0.139. The minimum Gasteiger partial charge on any atom is -0.469 e. The molecule has 0 fully saturated rings. The van der Waals surface area contributed by atoms with Crippen LogP contribution in [-0.4, -0.2) is 39.8 Å². The molecular formula is C27H26Cl2N6O4. The number of aromatic nitrogens is 3. The predicted octanol–water partition coefficient (Wildman–Crippen LogP) is 4.63. The van der Waals surface area contributed by atoms with Crippen LogP contribution in [0.4, 0.5) is 11.5 Å². The molecule has 2 bridgehead atoms. The molecule has 3 aromatic rings. The van der Waals surface area contributed by atoms with Crippen LogP contribution in [0.3, 0.4) is 0 Å². The first kappa shape index (κ1) is 27.9. The highest BCUT2D eigenvalue weighted by Gasteiger charge is 2.22. The Kier molecular flexibility index (Phi) is 9.00. The third-order valence-corrected chi connectivity index (χ3v) is 6.40. The summed E-state index contributed by atoms with van der Waals surface area (Å²) in [6, 6.07) is 6.23. The van der Waals surface area contributed by atoms with Crippen LogP contribution < -0.4 is 16.4 Å². The Morgan fingerprint density at radius 1 is 1.26 bits per heavy atom. The molecule has 2 amide bonds. The van der Waals surface area contributed by atoms with Gasteiger partial charge in [0.05, 0.1) is 30.3 Å². The van der Waals surface area contributed by atoms with Crippen molar-refractivity contribution in [2.45, 2.75) is 31.7 Å². The average Bonchev–Trinajstić information content (AvgIpc) is 3.29. The number of amides is 2. The van der Waals surface area contributed by atoms with E-state index in [9.17, 15) is 14.4 Å². The summed E-state index contributed by atoms with van der Waals surface area (Å²) in [4.78, 5) is 49.0. The molecule has 1 aromatic carbocycles. The van der Waals surface area contributed by atoms with Gasteiger partial charge in [-0.15, -0.1) is 0 Å². The predicted molar refractivity (Wildman–Crippen MR) is 150 cm³/mol. The molecule has 0 aliphatic carbocycles. The summed E-state index contributed by atoms with van der Waals surface area (Å²) in [7, 11) is 1.31. The molecule has 3 heterocycles. The van der Waals surface area contributed by atoms with Crippen LogP contribution in [0.25, 0.3) is 17.3 Å². The number of hydrogen-bond acceptors (Lipinski definition) is 7. The van der Waals surface area contributed by atoms with Crippen molar-refractivity contribution >= 4 is 58.6 Å². The van der Waals surface area contributed by atoms with Crippen molar-refractivity contribution in [3.05, 3.63) is 75.8 Å². The Morgan fingerprint density at radius 3 is 2.87 bits per heavy atom. The molecule has 0 spiro atoms. The van der Waals surface area contributed by atoms with Crippen LogP contribution in [0.1, 0.15) is 42.3 Å². The lowest BCUT2D eigenvalue weighted by atomic mass is 10.0. The van der Waals surface area contributed by atoms with Gasteiger partial charge >= 0.3 is 5.97 Å². The normalized spacial score (nSPS) is 16.3. The van der Waals surface area contributed by atoms with E-state index < -0.39 is 17.9 Å². The zero-order valence-electron chi connectivity index (χ0n) is 21.0. The Bertz CT molecular complexity index is 1470. The van der Waals surface area contributed by atoms with Crippen molar-refractivity contribution in [3.63, 3.8) is 0 Å². The zero-order chi connectivity index (χ0) is 27.9. The number of allylic oxidation sites excluding steroid dienone is 1. The number of halogens is 2. The fourth-order valence-electron chi connectivity index (χ4n) is 3.96. The van der Waals surface area contributed by atoms with E-state index in [0.717, 1.165) is 0 Å². The first-order valence-corrected chi connectivity index (χ1v) is 12.8. The van der Waals surface area contributed by atoms with Gasteiger partial charge in [0.1, 0.15) is 22.5 Å². The summed E-state index contributed by atoms with van der Waals surface area (Å²) in [5.41, 5.74) is 8.44. The number of fused-ring (bicyclic) bond motifs is 4. The minimum absolute atomic E-state index is 0.0421. The van der Waals surface area contributed by atoms with Gasteiger partial charge in [0.25, 0.3) is 0 Å². The maximum atomic E-state index is 12.8. The molecule has 2 aromatic heterocycles. The summed E-state index contributed by atoms with van der Waals surface area (Å²) in [5.74, 6) is -0.325. The Hall–Kier alpha value is -4.15. The molecule has 4 rings (SSSR count). The molecule has 1 aliphatic heterocycles. The SMILES string of the molecule is COC(=O)Cc1ccc2c(c1)NC(=O)CC/C=C/C[C@H](NC(=O)/C=C/c1cc(Cl)cnc1N)c1nc-2c(Cl)[nH]1. The van der Waals surface area contributed by atoms with Gasteiger partial charge in [-0.3, -0.25) is 14.4 Å². The Labute approximate surface area is 234 Å². The molecule has 39 heavy (non-hydrogen) atoms. The van der Waals surface area contributed by atoms with E-state index in [2.05, 4.69) is 25.6 Å². The number of rotatable bonds is 5. The monoisotopic (exact) mass is 568 g/mol. The van der Waals surface area contributed by atoms with Crippen molar-refractivity contribution in [2.75, 3.05) is 18.2 Å². The van der Waals surface area contributed by atoms with Crippen molar-refractivity contribution in [1.29, 1.82) is 0 Å². The Morgan fingerprint density at radius 2 is 2.08 bits per heavy atom. The highest BCUT2D eigenvalue weighted by atomic mass is 35.5. The third kappa shape index (κ3) is 7.24. The minimum atomic E-state index is -0.550. The number of pyridine rings is 1. The molecule has 1 aliphatic rings. The molecular weight excluding hydrogens is 543 g/mol. The van der Waals surface area contributed by atoms with Crippen LogP contribution in [-0.2, 0) is 25.5 Å². The number of benzene rings is 1. The van der Waals surface area contributed by atoms with E-state index in [1.165, 1.54) is 25.5 Å². The largest absolute Gasteiger partial charge is 0.469 e. The second-order valence-electron chi connectivity index (χ2n) is 8.73. The summed E-state index contributed by atoms with van der Waals surface area (Å²) < 4.78 is 4.76. The van der Waals surface area contributed by atoms with E-state index in [4.69, 9.17) is 33.7 Å². The smallest absolute Gasteiger partial charge is 0.309 e. The van der Waals surface area contributed by atoms with Crippen molar-refractivity contribution < 1.29 is 19.1 Å². The number of ether oxygens (including phenoxy) is 1. The number of carbonyl (C=O) groups is 3. The van der Waals surface area contributed by atoms with Crippen LogP contribution in [0.2, 0.25) is 10.2 Å². The van der Waals surface area contributed by atoms with Gasteiger partial charge in [-0.25, -0.2) is 9.97 Å². The number of hydrogen-bond donors (Lipinski definition) is 4. The lowest BCUT2D eigenvalue weighted by Gasteiger charge is -2.14. The molecule has 0 saturated carbocycles. The van der Waals surface area contributed by atoms with Crippen LogP contribution >= 0.6 is 23.2 Å². The highest BCUT2D eigenvalue weighted by Crippen LogP contribution is 2.35. The number of imidazole rings is 1. The molecule has 0 unspecified atom stereocenters. The number of nitrogens with two attached hydrogens (primary N) is 1. The first-order chi connectivity index (χ1) is 18.7. The van der Waals surface area contributed by atoms with Crippen molar-refractivity contribution in [2.24, 2.45) is 0 Å². The maximum Gasteiger partial charge on any atom is 0.309 e. The summed E-state index contributed by atoms with van der Waals surface area (Å²) in [6.07, 6.45) is 9.20. The number of H-pyrrole nitrogens is 1. The summed E-state index contributed by atoms with van der Waals surface area (Å²) >= 11 is 12.5. The van der Waals surface area contributed by atoms with Gasteiger partial charge in [-0.1, -0.05) is 47.5 Å². The number of nitrogens with zero attached hydrogens (tertiary/aromatic N) is 2. The van der Waals surface area contributed by atoms with Gasteiger partial charge < -0.3 is 26.1 Å².